The summed E-state index contributed by atoms with van der Waals surface area (Å²) in [5.41, 5.74) is 6.46. The number of allylic oxidation sites excluding steroid dienone is 3. The van der Waals surface area contributed by atoms with Gasteiger partial charge in [-0.3, -0.25) is 9.80 Å². The summed E-state index contributed by atoms with van der Waals surface area (Å²) >= 11 is 0. The fourth-order valence-corrected chi connectivity index (χ4v) is 0.940. The van der Waals surface area contributed by atoms with Gasteiger partial charge in [0.15, 0.2) is 0 Å². The number of carbonyl (C=O) groups excluding carboxylic acids is 1. The van der Waals surface area contributed by atoms with Crippen molar-refractivity contribution in [1.82, 2.24) is 5.01 Å². The zero-order valence-electron chi connectivity index (χ0n) is 8.66. The van der Waals surface area contributed by atoms with Crippen molar-refractivity contribution in [2.45, 2.75) is 13.3 Å². The van der Waals surface area contributed by atoms with Crippen LogP contribution in [0.4, 0.5) is 0 Å². The maximum Gasteiger partial charge on any atom is 0.269 e. The summed E-state index contributed by atoms with van der Waals surface area (Å²) in [5.74, 6) is 5.03. The average molecular weight is 195 g/mol. The highest BCUT2D eigenvalue weighted by atomic mass is 16.2. The number of rotatable bonds is 4. The molecular weight excluding hydrogens is 178 g/mol. The molecule has 0 saturated carbocycles. The number of amides is 1. The fraction of sp³-hybridized carbons (Fsp3) is 0.300. The molecule has 0 heterocycles. The van der Waals surface area contributed by atoms with E-state index in [4.69, 9.17) is 11.6 Å². The topological polar surface area (TPSA) is 72.4 Å². The number of hydrogen-bond acceptors (Lipinski definition) is 3. The summed E-state index contributed by atoms with van der Waals surface area (Å²) in [5, 5.41) is 1.01. The standard InChI is InChI=1S/C10H17N3O/c1-4-6-8(9(11)7-5-2)10(14)13(3)12/h5-7H,2,4,11-12H2,1,3H3/b8-6+,9-7+. The summed E-state index contributed by atoms with van der Waals surface area (Å²) in [7, 11) is 1.48. The zero-order valence-corrected chi connectivity index (χ0v) is 8.66. The second-order valence-corrected chi connectivity index (χ2v) is 2.80. The first-order chi connectivity index (χ1) is 6.54. The van der Waals surface area contributed by atoms with E-state index >= 15 is 0 Å². The number of likely N-dealkylation sites (N-methyl/N-ethyl adjacent to an activating group) is 1. The predicted molar refractivity (Wildman–Crippen MR) is 57.8 cm³/mol. The first-order valence-corrected chi connectivity index (χ1v) is 4.36. The third kappa shape index (κ3) is 3.45. The first kappa shape index (κ1) is 12.4. The Bertz CT molecular complexity index is 277. The number of nitrogens with two attached hydrogens (primary N) is 2. The van der Waals surface area contributed by atoms with Crippen LogP contribution in [0, 0.1) is 0 Å². The summed E-state index contributed by atoms with van der Waals surface area (Å²) in [4.78, 5) is 11.5. The predicted octanol–water partition coefficient (Wildman–Crippen LogP) is 0.683. The molecule has 0 bridgehead atoms. The Morgan fingerprint density at radius 3 is 2.50 bits per heavy atom. The lowest BCUT2D eigenvalue weighted by Crippen LogP contribution is -2.35. The van der Waals surface area contributed by atoms with Gasteiger partial charge in [-0.2, -0.15) is 0 Å². The maximum absolute atomic E-state index is 11.5. The van der Waals surface area contributed by atoms with Crippen molar-refractivity contribution in [3.05, 3.63) is 36.1 Å². The fourth-order valence-electron chi connectivity index (χ4n) is 0.940. The van der Waals surface area contributed by atoms with E-state index < -0.39 is 0 Å². The van der Waals surface area contributed by atoms with Crippen molar-refractivity contribution in [1.29, 1.82) is 0 Å². The van der Waals surface area contributed by atoms with Crippen molar-refractivity contribution in [3.63, 3.8) is 0 Å². The number of hydrazine groups is 1. The Balaban J connectivity index is 4.97. The van der Waals surface area contributed by atoms with Crippen molar-refractivity contribution in [2.75, 3.05) is 7.05 Å². The second-order valence-electron chi connectivity index (χ2n) is 2.80. The highest BCUT2D eigenvalue weighted by Crippen LogP contribution is 2.07. The third-order valence-electron chi connectivity index (χ3n) is 1.57. The molecule has 0 aliphatic heterocycles. The van der Waals surface area contributed by atoms with Gasteiger partial charge in [0, 0.05) is 12.7 Å². The minimum Gasteiger partial charge on any atom is -0.398 e. The minimum atomic E-state index is -0.303. The van der Waals surface area contributed by atoms with E-state index in [0.717, 1.165) is 11.4 Å². The molecule has 14 heavy (non-hydrogen) atoms. The molecule has 0 aromatic heterocycles. The van der Waals surface area contributed by atoms with Crippen molar-refractivity contribution >= 4 is 5.91 Å². The van der Waals surface area contributed by atoms with E-state index in [9.17, 15) is 4.79 Å². The quantitative estimate of drug-likeness (QED) is 0.228. The summed E-state index contributed by atoms with van der Waals surface area (Å²) in [6.07, 6.45) is 5.56. The molecule has 0 spiro atoms. The van der Waals surface area contributed by atoms with Gasteiger partial charge < -0.3 is 5.73 Å². The van der Waals surface area contributed by atoms with Crippen LogP contribution in [0.2, 0.25) is 0 Å². The summed E-state index contributed by atoms with van der Waals surface area (Å²) < 4.78 is 0. The van der Waals surface area contributed by atoms with E-state index in [1.54, 1.807) is 12.2 Å². The van der Waals surface area contributed by atoms with Crippen LogP contribution in [0.3, 0.4) is 0 Å². The van der Waals surface area contributed by atoms with Crippen LogP contribution in [-0.4, -0.2) is 18.0 Å². The molecule has 0 aromatic carbocycles. The normalized spacial score (nSPS) is 12.5. The molecule has 0 aliphatic rings. The molecule has 4 heteroatoms. The molecule has 0 aliphatic carbocycles. The van der Waals surface area contributed by atoms with E-state index in [-0.39, 0.29) is 5.91 Å². The lowest BCUT2D eigenvalue weighted by Gasteiger charge is -2.13. The van der Waals surface area contributed by atoms with Gasteiger partial charge in [0.25, 0.3) is 5.91 Å². The Kier molecular flexibility index (Phi) is 5.33. The molecule has 0 unspecified atom stereocenters. The zero-order chi connectivity index (χ0) is 11.1. The third-order valence-corrected chi connectivity index (χ3v) is 1.57. The number of nitrogens with zero attached hydrogens (tertiary/aromatic N) is 1. The van der Waals surface area contributed by atoms with Gasteiger partial charge in [-0.1, -0.05) is 25.7 Å². The molecule has 1 amide bonds. The molecule has 0 rings (SSSR count). The Hall–Kier alpha value is -1.55. The highest BCUT2D eigenvalue weighted by molar-refractivity contribution is 5.97. The highest BCUT2D eigenvalue weighted by Gasteiger charge is 2.13. The van der Waals surface area contributed by atoms with E-state index in [2.05, 4.69) is 6.58 Å². The Labute approximate surface area is 84.5 Å². The Morgan fingerprint density at radius 1 is 1.57 bits per heavy atom. The molecule has 78 valence electrons. The van der Waals surface area contributed by atoms with Gasteiger partial charge in [0.1, 0.15) is 0 Å². The van der Waals surface area contributed by atoms with Crippen LogP contribution in [0.25, 0.3) is 0 Å². The second kappa shape index (κ2) is 5.99. The van der Waals surface area contributed by atoms with Crippen LogP contribution in [0.1, 0.15) is 13.3 Å². The molecule has 0 aromatic rings. The van der Waals surface area contributed by atoms with Crippen molar-refractivity contribution in [3.8, 4) is 0 Å². The SMILES string of the molecule is C=C/C=C(N)\C(=C/CC)C(=O)N(C)N. The van der Waals surface area contributed by atoms with Gasteiger partial charge in [-0.15, -0.1) is 0 Å². The van der Waals surface area contributed by atoms with Gasteiger partial charge in [0.05, 0.1) is 5.57 Å². The van der Waals surface area contributed by atoms with Crippen molar-refractivity contribution in [2.24, 2.45) is 11.6 Å². The lowest BCUT2D eigenvalue weighted by atomic mass is 10.1. The van der Waals surface area contributed by atoms with Gasteiger partial charge in [-0.05, 0) is 12.5 Å². The van der Waals surface area contributed by atoms with E-state index in [1.165, 1.54) is 13.1 Å². The average Bonchev–Trinajstić information content (AvgIpc) is 2.13. The number of carbonyl (C=O) groups is 1. The largest absolute Gasteiger partial charge is 0.398 e. The maximum atomic E-state index is 11.5. The van der Waals surface area contributed by atoms with Gasteiger partial charge in [0.2, 0.25) is 0 Å². The van der Waals surface area contributed by atoms with E-state index in [1.807, 2.05) is 6.92 Å². The molecule has 4 N–H and O–H groups in total. The lowest BCUT2D eigenvalue weighted by molar-refractivity contribution is -0.125. The minimum absolute atomic E-state index is 0.303. The van der Waals surface area contributed by atoms with E-state index in [0.29, 0.717) is 11.3 Å². The van der Waals surface area contributed by atoms with Crippen LogP contribution in [0.5, 0.6) is 0 Å². The molecule has 4 nitrogen and oxygen atoms in total. The van der Waals surface area contributed by atoms with Crippen LogP contribution in [0.15, 0.2) is 36.1 Å². The van der Waals surface area contributed by atoms with Crippen LogP contribution < -0.4 is 11.6 Å². The first-order valence-electron chi connectivity index (χ1n) is 4.36. The van der Waals surface area contributed by atoms with Crippen LogP contribution >= 0.6 is 0 Å². The van der Waals surface area contributed by atoms with Crippen molar-refractivity contribution < 1.29 is 4.79 Å². The van der Waals surface area contributed by atoms with Gasteiger partial charge in [-0.25, -0.2) is 5.84 Å². The molecule has 0 radical (unpaired) electrons. The monoisotopic (exact) mass is 195 g/mol. The Morgan fingerprint density at radius 2 is 2.14 bits per heavy atom. The molecular formula is C10H17N3O. The summed E-state index contributed by atoms with van der Waals surface area (Å²) in [6, 6.07) is 0. The molecule has 0 saturated heterocycles. The van der Waals surface area contributed by atoms with Crippen LogP contribution in [-0.2, 0) is 4.79 Å². The smallest absolute Gasteiger partial charge is 0.269 e. The summed E-state index contributed by atoms with van der Waals surface area (Å²) in [6.45, 7) is 5.43. The van der Waals surface area contributed by atoms with Gasteiger partial charge >= 0.3 is 0 Å². The molecule has 0 atom stereocenters. The number of hydrogen-bond donors (Lipinski definition) is 2. The molecule has 0 fully saturated rings.